The number of rotatable bonds is 2. The molecule has 1 aromatic carbocycles. The predicted octanol–water partition coefficient (Wildman–Crippen LogP) is 3.94. The fraction of sp³-hybridized carbons (Fsp3) is 0.235. The minimum absolute atomic E-state index is 0.480. The Labute approximate surface area is 148 Å². The van der Waals surface area contributed by atoms with Crippen molar-refractivity contribution in [2.45, 2.75) is 26.5 Å². The number of aliphatic hydroxyl groups excluding tert-OH is 1. The Balaban J connectivity index is 2.08. The maximum Gasteiger partial charge on any atom is 0.159 e. The zero-order chi connectivity index (χ0) is 16.8. The summed E-state index contributed by atoms with van der Waals surface area (Å²) in [5, 5.41) is 20.3. The molecule has 0 saturated carbocycles. The molecule has 1 aliphatic rings. The molecule has 0 saturated heterocycles. The van der Waals surface area contributed by atoms with Crippen molar-refractivity contribution in [1.82, 2.24) is 14.8 Å². The number of aromatic nitrogens is 3. The number of aliphatic imine (C=N–C) groups is 1. The Bertz CT molecular complexity index is 958. The lowest BCUT2D eigenvalue weighted by atomic mass is 10.00. The summed E-state index contributed by atoms with van der Waals surface area (Å²) >= 11 is 7.96. The lowest BCUT2D eigenvalue weighted by molar-refractivity contribution is 0.203. The molecule has 2 aromatic heterocycles. The number of thiophene rings is 1. The molecule has 7 heteroatoms. The van der Waals surface area contributed by atoms with Gasteiger partial charge in [0.15, 0.2) is 5.82 Å². The smallest absolute Gasteiger partial charge is 0.159 e. The van der Waals surface area contributed by atoms with Crippen LogP contribution in [0.5, 0.6) is 0 Å². The Kier molecular flexibility index (Phi) is 3.75. The molecule has 122 valence electrons. The van der Waals surface area contributed by atoms with Gasteiger partial charge >= 0.3 is 0 Å². The van der Waals surface area contributed by atoms with Crippen molar-refractivity contribution < 1.29 is 5.11 Å². The summed E-state index contributed by atoms with van der Waals surface area (Å²) in [4.78, 5) is 5.35. The van der Waals surface area contributed by atoms with E-state index in [9.17, 15) is 5.11 Å². The van der Waals surface area contributed by atoms with E-state index in [0.29, 0.717) is 11.6 Å². The van der Waals surface area contributed by atoms with E-state index >= 15 is 0 Å². The van der Waals surface area contributed by atoms with Crippen molar-refractivity contribution in [3.8, 4) is 16.1 Å². The molecule has 1 atom stereocenters. The Hall–Kier alpha value is -2.02. The lowest BCUT2D eigenvalue weighted by Gasteiger charge is -2.09. The topological polar surface area (TPSA) is 63.3 Å². The molecule has 1 N–H and O–H groups in total. The van der Waals surface area contributed by atoms with E-state index in [4.69, 9.17) is 11.6 Å². The third-order valence-corrected chi connectivity index (χ3v) is 5.71. The molecule has 0 spiro atoms. The fourth-order valence-corrected chi connectivity index (χ4v) is 4.49. The van der Waals surface area contributed by atoms with Crippen LogP contribution in [0.15, 0.2) is 29.3 Å². The molecule has 0 amide bonds. The van der Waals surface area contributed by atoms with Gasteiger partial charge in [-0.25, -0.2) is 0 Å². The first kappa shape index (κ1) is 15.5. The Morgan fingerprint density at radius 1 is 1.29 bits per heavy atom. The molecule has 5 nitrogen and oxygen atoms in total. The van der Waals surface area contributed by atoms with Crippen LogP contribution in [0.25, 0.3) is 16.1 Å². The van der Waals surface area contributed by atoms with Gasteiger partial charge in [0.2, 0.25) is 0 Å². The third-order valence-electron chi connectivity index (χ3n) is 4.02. The van der Waals surface area contributed by atoms with Crippen molar-refractivity contribution in [1.29, 1.82) is 0 Å². The van der Waals surface area contributed by atoms with Gasteiger partial charge in [0.05, 0.1) is 12.6 Å². The Morgan fingerprint density at radius 2 is 2.08 bits per heavy atom. The number of fused-ring (bicyclic) bond motifs is 3. The molecular weight excluding hydrogens is 344 g/mol. The second kappa shape index (κ2) is 5.81. The number of hydrogen-bond acceptors (Lipinski definition) is 5. The van der Waals surface area contributed by atoms with Gasteiger partial charge in [0.25, 0.3) is 0 Å². The van der Waals surface area contributed by atoms with E-state index in [1.54, 1.807) is 6.92 Å². The molecule has 3 aromatic rings. The van der Waals surface area contributed by atoms with Gasteiger partial charge in [-0.3, -0.25) is 9.56 Å². The normalized spacial score (nSPS) is 14.2. The van der Waals surface area contributed by atoms with Gasteiger partial charge in [0, 0.05) is 32.8 Å². The van der Waals surface area contributed by atoms with Gasteiger partial charge in [-0.2, -0.15) is 0 Å². The van der Waals surface area contributed by atoms with E-state index in [1.165, 1.54) is 11.3 Å². The van der Waals surface area contributed by atoms with Crippen molar-refractivity contribution in [3.05, 3.63) is 51.4 Å². The molecule has 4 rings (SSSR count). The van der Waals surface area contributed by atoms with Crippen molar-refractivity contribution in [2.75, 3.05) is 0 Å². The second-order valence-corrected chi connectivity index (χ2v) is 7.12. The highest BCUT2D eigenvalue weighted by Crippen LogP contribution is 2.44. The van der Waals surface area contributed by atoms with Crippen molar-refractivity contribution in [2.24, 2.45) is 4.99 Å². The molecule has 0 aliphatic carbocycles. The average Bonchev–Trinajstić information content (AvgIpc) is 3.04. The molecular formula is C17H15ClN4OS. The zero-order valence-corrected chi connectivity index (χ0v) is 14.8. The molecule has 0 bridgehead atoms. The molecule has 1 aliphatic heterocycles. The maximum absolute atomic E-state index is 10.3. The quantitative estimate of drug-likeness (QED) is 0.754. The highest BCUT2D eigenvalue weighted by Gasteiger charge is 2.27. The molecule has 0 fully saturated rings. The standard InChI is InChI=1S/C17H15ClN4OS/c1-9(23)16-15(11-5-3-4-6-13(11)18)12-7-19-8-14-21-20-10(2)22(14)17(12)24-16/h3-7,9,23H,8H2,1-2H3. The van der Waals surface area contributed by atoms with Crippen LogP contribution in [0.3, 0.4) is 0 Å². The highest BCUT2D eigenvalue weighted by atomic mass is 35.5. The largest absolute Gasteiger partial charge is 0.388 e. The molecule has 24 heavy (non-hydrogen) atoms. The summed E-state index contributed by atoms with van der Waals surface area (Å²) in [6, 6.07) is 7.67. The first-order valence-corrected chi connectivity index (χ1v) is 8.78. The van der Waals surface area contributed by atoms with Crippen LogP contribution in [0, 0.1) is 6.92 Å². The summed E-state index contributed by atoms with van der Waals surface area (Å²) < 4.78 is 2.01. The maximum atomic E-state index is 10.3. The van der Waals surface area contributed by atoms with Crippen molar-refractivity contribution >= 4 is 29.2 Å². The van der Waals surface area contributed by atoms with Crippen LogP contribution < -0.4 is 0 Å². The van der Waals surface area contributed by atoms with E-state index in [-0.39, 0.29) is 0 Å². The number of nitrogens with zero attached hydrogens (tertiary/aromatic N) is 4. The summed E-state index contributed by atoms with van der Waals surface area (Å²) in [7, 11) is 0. The molecule has 0 radical (unpaired) electrons. The fourth-order valence-electron chi connectivity index (χ4n) is 2.96. The number of aliphatic hydroxyl groups is 1. The second-order valence-electron chi connectivity index (χ2n) is 5.68. The molecule has 3 heterocycles. The van der Waals surface area contributed by atoms with E-state index in [0.717, 1.165) is 38.2 Å². The van der Waals surface area contributed by atoms with Crippen LogP contribution in [-0.4, -0.2) is 26.1 Å². The first-order valence-electron chi connectivity index (χ1n) is 7.58. The van der Waals surface area contributed by atoms with Crippen LogP contribution >= 0.6 is 22.9 Å². The van der Waals surface area contributed by atoms with Gasteiger partial charge in [0.1, 0.15) is 10.8 Å². The van der Waals surface area contributed by atoms with Crippen LogP contribution in [-0.2, 0) is 6.54 Å². The summed E-state index contributed by atoms with van der Waals surface area (Å²) in [5.41, 5.74) is 2.78. The first-order chi connectivity index (χ1) is 11.6. The minimum atomic E-state index is -0.609. The summed E-state index contributed by atoms with van der Waals surface area (Å²) in [6.45, 7) is 4.17. The van der Waals surface area contributed by atoms with E-state index in [1.807, 2.05) is 42.0 Å². The van der Waals surface area contributed by atoms with Crippen molar-refractivity contribution in [3.63, 3.8) is 0 Å². The van der Waals surface area contributed by atoms with Gasteiger partial charge in [-0.1, -0.05) is 29.8 Å². The predicted molar refractivity (Wildman–Crippen MR) is 96.4 cm³/mol. The summed E-state index contributed by atoms with van der Waals surface area (Å²) in [6.07, 6.45) is 1.24. The van der Waals surface area contributed by atoms with Crippen LogP contribution in [0.2, 0.25) is 5.02 Å². The van der Waals surface area contributed by atoms with Gasteiger partial charge in [-0.05, 0) is 19.9 Å². The number of halogens is 1. The zero-order valence-electron chi connectivity index (χ0n) is 13.2. The van der Waals surface area contributed by atoms with Crippen LogP contribution in [0.1, 0.15) is 35.1 Å². The number of hydrogen-bond donors (Lipinski definition) is 1. The van der Waals surface area contributed by atoms with Crippen LogP contribution in [0.4, 0.5) is 0 Å². The highest BCUT2D eigenvalue weighted by molar-refractivity contribution is 7.15. The monoisotopic (exact) mass is 358 g/mol. The van der Waals surface area contributed by atoms with E-state index in [2.05, 4.69) is 15.2 Å². The Morgan fingerprint density at radius 3 is 2.83 bits per heavy atom. The number of aryl methyl sites for hydroxylation is 1. The van der Waals surface area contributed by atoms with Gasteiger partial charge < -0.3 is 5.11 Å². The van der Waals surface area contributed by atoms with Gasteiger partial charge in [-0.15, -0.1) is 21.5 Å². The average molecular weight is 359 g/mol. The number of benzene rings is 1. The molecule has 1 unspecified atom stereocenters. The van der Waals surface area contributed by atoms with E-state index < -0.39 is 6.10 Å². The minimum Gasteiger partial charge on any atom is -0.388 e. The SMILES string of the molecule is Cc1nnc2n1-c1sc(C(C)O)c(-c3ccccc3Cl)c1C=NC2. The third kappa shape index (κ3) is 2.30. The lowest BCUT2D eigenvalue weighted by Crippen LogP contribution is -2.00. The summed E-state index contributed by atoms with van der Waals surface area (Å²) in [5.74, 6) is 1.60.